The van der Waals surface area contributed by atoms with Crippen LogP contribution in [0.25, 0.3) is 0 Å². The van der Waals surface area contributed by atoms with Crippen molar-refractivity contribution >= 4 is 11.5 Å². The average molecular weight is 208 g/mol. The van der Waals surface area contributed by atoms with Gasteiger partial charge in [-0.05, 0) is 12.1 Å². The highest BCUT2D eigenvalue weighted by atomic mass is 16.5. The zero-order chi connectivity index (χ0) is 10.7. The molecule has 1 aliphatic rings. The lowest BCUT2D eigenvalue weighted by atomic mass is 10.3. The summed E-state index contributed by atoms with van der Waals surface area (Å²) >= 11 is 0. The predicted octanol–water partition coefficient (Wildman–Crippen LogP) is 0.0820. The molecular weight excluding hydrogens is 192 g/mol. The van der Waals surface area contributed by atoms with Crippen molar-refractivity contribution in [3.8, 4) is 5.88 Å². The molecule has 3 N–H and O–H groups in total. The van der Waals surface area contributed by atoms with Crippen LogP contribution >= 0.6 is 0 Å². The molecule has 2 heterocycles. The van der Waals surface area contributed by atoms with Gasteiger partial charge in [0.15, 0.2) is 0 Å². The molecule has 0 saturated carbocycles. The van der Waals surface area contributed by atoms with E-state index >= 15 is 0 Å². The van der Waals surface area contributed by atoms with E-state index in [1.165, 1.54) is 0 Å². The normalized spacial score (nSPS) is 16.5. The highest BCUT2D eigenvalue weighted by Gasteiger charge is 2.13. The Kier molecular flexibility index (Phi) is 2.91. The molecule has 82 valence electrons. The third-order valence-corrected chi connectivity index (χ3v) is 2.51. The third-order valence-electron chi connectivity index (χ3n) is 2.51. The van der Waals surface area contributed by atoms with Crippen LogP contribution in [0, 0.1) is 0 Å². The number of pyridine rings is 1. The molecule has 5 nitrogen and oxygen atoms in total. The Labute approximate surface area is 89.2 Å². The lowest BCUT2D eigenvalue weighted by Crippen LogP contribution is -2.43. The summed E-state index contributed by atoms with van der Waals surface area (Å²) in [5, 5.41) is 3.30. The van der Waals surface area contributed by atoms with Gasteiger partial charge in [0, 0.05) is 26.2 Å². The molecule has 0 aliphatic carbocycles. The molecule has 5 heteroatoms. The maximum absolute atomic E-state index is 5.71. The van der Waals surface area contributed by atoms with Gasteiger partial charge < -0.3 is 20.7 Å². The van der Waals surface area contributed by atoms with Crippen molar-refractivity contribution in [3.05, 3.63) is 12.1 Å². The second kappa shape index (κ2) is 4.35. The van der Waals surface area contributed by atoms with E-state index in [0.29, 0.717) is 11.6 Å². The summed E-state index contributed by atoms with van der Waals surface area (Å²) in [7, 11) is 1.58. The molecule has 1 saturated heterocycles. The molecule has 0 bridgehead atoms. The van der Waals surface area contributed by atoms with Crippen LogP contribution < -0.4 is 20.7 Å². The molecule has 15 heavy (non-hydrogen) atoms. The number of hydrogen-bond donors (Lipinski definition) is 2. The van der Waals surface area contributed by atoms with Crippen LogP contribution in [-0.2, 0) is 0 Å². The number of ether oxygens (including phenoxy) is 1. The fourth-order valence-electron chi connectivity index (χ4n) is 1.68. The van der Waals surface area contributed by atoms with Crippen molar-refractivity contribution in [2.45, 2.75) is 0 Å². The van der Waals surface area contributed by atoms with Crippen LogP contribution in [0.5, 0.6) is 5.88 Å². The topological polar surface area (TPSA) is 63.4 Å². The van der Waals surface area contributed by atoms with Crippen LogP contribution in [0.2, 0.25) is 0 Å². The van der Waals surface area contributed by atoms with Crippen molar-refractivity contribution < 1.29 is 4.74 Å². The number of nitrogens with two attached hydrogens (primary N) is 1. The fourth-order valence-corrected chi connectivity index (χ4v) is 1.68. The molecule has 0 atom stereocenters. The van der Waals surface area contributed by atoms with E-state index in [0.717, 1.165) is 32.0 Å². The molecule has 0 radical (unpaired) electrons. The van der Waals surface area contributed by atoms with Gasteiger partial charge in [-0.25, -0.2) is 0 Å². The van der Waals surface area contributed by atoms with Gasteiger partial charge in [0.2, 0.25) is 5.88 Å². The molecule has 0 spiro atoms. The van der Waals surface area contributed by atoms with Crippen molar-refractivity contribution in [1.29, 1.82) is 0 Å². The molecule has 1 aromatic heterocycles. The van der Waals surface area contributed by atoms with Gasteiger partial charge in [0.05, 0.1) is 12.8 Å². The first-order chi connectivity index (χ1) is 7.31. The van der Waals surface area contributed by atoms with E-state index in [2.05, 4.69) is 15.2 Å². The first-order valence-electron chi connectivity index (χ1n) is 5.07. The van der Waals surface area contributed by atoms with Crippen LogP contribution in [0.1, 0.15) is 0 Å². The highest BCUT2D eigenvalue weighted by Crippen LogP contribution is 2.22. The van der Waals surface area contributed by atoms with E-state index in [4.69, 9.17) is 10.5 Å². The summed E-state index contributed by atoms with van der Waals surface area (Å²) in [5.41, 5.74) is 6.29. The number of hydrogen-bond acceptors (Lipinski definition) is 5. The van der Waals surface area contributed by atoms with Crippen molar-refractivity contribution in [2.24, 2.45) is 0 Å². The smallest absolute Gasteiger partial charge is 0.238 e. The Morgan fingerprint density at radius 3 is 2.80 bits per heavy atom. The fraction of sp³-hybridized carbons (Fsp3) is 0.500. The molecule has 1 fully saturated rings. The molecular formula is C10H16N4O. The minimum atomic E-state index is 0.506. The molecule has 1 aromatic rings. The lowest BCUT2D eigenvalue weighted by molar-refractivity contribution is 0.400. The quantitative estimate of drug-likeness (QED) is 0.720. The average Bonchev–Trinajstić information content (AvgIpc) is 2.31. The van der Waals surface area contributed by atoms with E-state index in [1.54, 1.807) is 7.11 Å². The first kappa shape index (κ1) is 10.0. The largest absolute Gasteiger partial charge is 0.479 e. The molecule has 2 rings (SSSR count). The summed E-state index contributed by atoms with van der Waals surface area (Å²) in [6.07, 6.45) is 0. The molecule has 1 aliphatic heterocycles. The van der Waals surface area contributed by atoms with E-state index in [1.807, 2.05) is 12.1 Å². The third kappa shape index (κ3) is 2.12. The number of rotatable bonds is 2. The zero-order valence-corrected chi connectivity index (χ0v) is 8.86. The number of aromatic nitrogens is 1. The van der Waals surface area contributed by atoms with E-state index < -0.39 is 0 Å². The Morgan fingerprint density at radius 1 is 1.40 bits per heavy atom. The van der Waals surface area contributed by atoms with Crippen molar-refractivity contribution in [1.82, 2.24) is 10.3 Å². The maximum Gasteiger partial charge on any atom is 0.238 e. The Hall–Kier alpha value is -1.49. The standard InChI is InChI=1S/C10H16N4O/c1-15-10-8(11)2-3-9(13-10)14-6-4-12-5-7-14/h2-3,12H,4-7,11H2,1H3. The van der Waals surface area contributed by atoms with Crippen molar-refractivity contribution in [2.75, 3.05) is 43.9 Å². The summed E-state index contributed by atoms with van der Waals surface area (Å²) in [6.45, 7) is 3.93. The van der Waals surface area contributed by atoms with E-state index in [-0.39, 0.29) is 0 Å². The second-order valence-electron chi connectivity index (χ2n) is 3.51. The minimum absolute atomic E-state index is 0.506. The number of anilines is 2. The second-order valence-corrected chi connectivity index (χ2v) is 3.51. The van der Waals surface area contributed by atoms with Gasteiger partial charge in [-0.3, -0.25) is 0 Å². The Morgan fingerprint density at radius 2 is 2.13 bits per heavy atom. The van der Waals surface area contributed by atoms with Crippen molar-refractivity contribution in [3.63, 3.8) is 0 Å². The summed E-state index contributed by atoms with van der Waals surface area (Å²) in [4.78, 5) is 6.59. The first-order valence-corrected chi connectivity index (χ1v) is 5.07. The number of piperazine rings is 1. The van der Waals surface area contributed by atoms with Gasteiger partial charge in [-0.1, -0.05) is 0 Å². The molecule has 0 amide bonds. The molecule has 0 unspecified atom stereocenters. The Balaban J connectivity index is 2.20. The Bertz CT molecular complexity index is 336. The summed E-state index contributed by atoms with van der Waals surface area (Å²) in [5.74, 6) is 1.44. The number of methoxy groups -OCH3 is 1. The maximum atomic E-state index is 5.71. The minimum Gasteiger partial charge on any atom is -0.479 e. The molecule has 0 aromatic carbocycles. The number of nitrogens with one attached hydrogen (secondary N) is 1. The zero-order valence-electron chi connectivity index (χ0n) is 8.86. The van der Waals surface area contributed by atoms with Gasteiger partial charge in [-0.15, -0.1) is 0 Å². The number of nitrogens with zero attached hydrogens (tertiary/aromatic N) is 2. The lowest BCUT2D eigenvalue weighted by Gasteiger charge is -2.28. The van der Waals surface area contributed by atoms with Crippen LogP contribution in [0.3, 0.4) is 0 Å². The number of nitrogen functional groups attached to an aromatic ring is 1. The van der Waals surface area contributed by atoms with Gasteiger partial charge in [0.1, 0.15) is 5.82 Å². The van der Waals surface area contributed by atoms with Gasteiger partial charge >= 0.3 is 0 Å². The highest BCUT2D eigenvalue weighted by molar-refractivity contribution is 5.54. The monoisotopic (exact) mass is 208 g/mol. The predicted molar refractivity (Wildman–Crippen MR) is 60.3 cm³/mol. The summed E-state index contributed by atoms with van der Waals surface area (Å²) < 4.78 is 5.10. The SMILES string of the molecule is COc1nc(N2CCNCC2)ccc1N. The van der Waals surface area contributed by atoms with E-state index in [9.17, 15) is 0 Å². The van der Waals surface area contributed by atoms with Gasteiger partial charge in [-0.2, -0.15) is 4.98 Å². The van der Waals surface area contributed by atoms with Crippen LogP contribution in [0.4, 0.5) is 11.5 Å². The summed E-state index contributed by atoms with van der Waals surface area (Å²) in [6, 6.07) is 3.77. The van der Waals surface area contributed by atoms with Crippen LogP contribution in [0.15, 0.2) is 12.1 Å². The van der Waals surface area contributed by atoms with Crippen LogP contribution in [-0.4, -0.2) is 38.3 Å². The van der Waals surface area contributed by atoms with Gasteiger partial charge in [0.25, 0.3) is 0 Å².